The second-order valence-electron chi connectivity index (χ2n) is 9.14. The van der Waals surface area contributed by atoms with Crippen LogP contribution in [0.15, 0.2) is 54.6 Å². The Balaban J connectivity index is 1.47. The van der Waals surface area contributed by atoms with Gasteiger partial charge in [0.1, 0.15) is 13.2 Å². The maximum absolute atomic E-state index is 13.1. The Hall–Kier alpha value is -4.04. The lowest BCUT2D eigenvalue weighted by molar-refractivity contribution is 0.0997. The van der Waals surface area contributed by atoms with E-state index in [0.29, 0.717) is 41.5 Å². The van der Waals surface area contributed by atoms with Crippen LogP contribution in [-0.2, 0) is 6.42 Å². The number of hydrogen-bond donors (Lipinski definition) is 3. The van der Waals surface area contributed by atoms with Crippen LogP contribution < -0.4 is 30.7 Å². The largest absolute Gasteiger partial charge is 0.486 e. The van der Waals surface area contributed by atoms with Crippen LogP contribution in [0.2, 0.25) is 0 Å². The molecular formula is C28H30N4O4. The van der Waals surface area contributed by atoms with Crippen molar-refractivity contribution in [2.45, 2.75) is 25.8 Å². The smallest absolute Gasteiger partial charge is 0.255 e. The molecule has 2 amide bonds. The van der Waals surface area contributed by atoms with E-state index in [0.717, 1.165) is 41.9 Å². The molecule has 5 rings (SSSR count). The average molecular weight is 487 g/mol. The summed E-state index contributed by atoms with van der Waals surface area (Å²) < 4.78 is 11.2. The average Bonchev–Trinajstić information content (AvgIpc) is 2.89. The topological polar surface area (TPSA) is 106 Å². The summed E-state index contributed by atoms with van der Waals surface area (Å²) in [4.78, 5) is 27.1. The summed E-state index contributed by atoms with van der Waals surface area (Å²) in [7, 11) is 1.95. The van der Waals surface area contributed by atoms with Crippen molar-refractivity contribution in [3.63, 3.8) is 0 Å². The number of nitrogens with two attached hydrogens (primary N) is 1. The Morgan fingerprint density at radius 1 is 0.972 bits per heavy atom. The molecule has 0 bridgehead atoms. The molecule has 0 aromatic heterocycles. The zero-order chi connectivity index (χ0) is 25.2. The van der Waals surface area contributed by atoms with E-state index >= 15 is 0 Å². The Morgan fingerprint density at radius 3 is 2.53 bits per heavy atom. The molecule has 186 valence electrons. The number of carbonyl (C=O) groups is 2. The van der Waals surface area contributed by atoms with Gasteiger partial charge < -0.3 is 30.7 Å². The molecule has 2 aliphatic heterocycles. The third kappa shape index (κ3) is 4.59. The van der Waals surface area contributed by atoms with Gasteiger partial charge >= 0.3 is 0 Å². The molecule has 8 nitrogen and oxygen atoms in total. The maximum Gasteiger partial charge on any atom is 0.255 e. The molecule has 1 unspecified atom stereocenters. The number of primary amides is 1. The summed E-state index contributed by atoms with van der Waals surface area (Å²) in [5, 5.41) is 6.33. The Labute approximate surface area is 210 Å². The third-order valence-corrected chi connectivity index (χ3v) is 6.71. The second kappa shape index (κ2) is 9.91. The first-order valence-electron chi connectivity index (χ1n) is 12.1. The number of amides is 2. The first kappa shape index (κ1) is 23.7. The van der Waals surface area contributed by atoms with Crippen LogP contribution in [-0.4, -0.2) is 44.7 Å². The molecule has 0 saturated heterocycles. The number of nitrogens with one attached hydrogen (secondary N) is 2. The van der Waals surface area contributed by atoms with Crippen molar-refractivity contribution < 1.29 is 19.1 Å². The standard InChI is InChI=1S/C28H30N4O4/c1-17-3-7-21(31-28(34)20-6-10-25-26(14-20)36-12-11-35-25)15-24(17)32-22(16-30-2)8-4-18-13-19(27(29)33)5-9-23(18)32/h3,5-7,9-10,13-15,22,30H,4,8,11-12,16H2,1-2H3,(H2,29,33)(H,31,34). The number of likely N-dealkylation sites (N-methyl/N-ethyl adjacent to an activating group) is 1. The van der Waals surface area contributed by atoms with Crippen LogP contribution in [0.25, 0.3) is 0 Å². The van der Waals surface area contributed by atoms with Gasteiger partial charge in [-0.3, -0.25) is 9.59 Å². The van der Waals surface area contributed by atoms with Gasteiger partial charge in [0.25, 0.3) is 5.91 Å². The molecule has 0 saturated carbocycles. The molecule has 4 N–H and O–H groups in total. The zero-order valence-corrected chi connectivity index (χ0v) is 20.5. The normalized spacial score (nSPS) is 16.3. The van der Waals surface area contributed by atoms with Crippen molar-refractivity contribution in [1.82, 2.24) is 5.32 Å². The number of nitrogens with zero attached hydrogens (tertiary/aromatic N) is 1. The van der Waals surface area contributed by atoms with E-state index in [1.807, 2.05) is 37.4 Å². The zero-order valence-electron chi connectivity index (χ0n) is 20.5. The fourth-order valence-corrected chi connectivity index (χ4v) is 4.91. The number of fused-ring (bicyclic) bond motifs is 2. The summed E-state index contributed by atoms with van der Waals surface area (Å²) in [5.74, 6) is 0.573. The lowest BCUT2D eigenvalue weighted by Crippen LogP contribution is -2.42. The van der Waals surface area contributed by atoms with Gasteiger partial charge in [-0.15, -0.1) is 0 Å². The van der Waals surface area contributed by atoms with E-state index in [9.17, 15) is 9.59 Å². The molecular weight excluding hydrogens is 456 g/mol. The predicted octanol–water partition coefficient (Wildman–Crippen LogP) is 3.79. The van der Waals surface area contributed by atoms with Crippen molar-refractivity contribution in [2.75, 3.05) is 37.0 Å². The number of ether oxygens (including phenoxy) is 2. The molecule has 2 aliphatic rings. The van der Waals surface area contributed by atoms with Crippen molar-refractivity contribution >= 4 is 28.9 Å². The Morgan fingerprint density at radius 2 is 1.75 bits per heavy atom. The number of carbonyl (C=O) groups excluding carboxylic acids is 2. The quantitative estimate of drug-likeness (QED) is 0.490. The number of hydrogen-bond acceptors (Lipinski definition) is 6. The van der Waals surface area contributed by atoms with Crippen LogP contribution >= 0.6 is 0 Å². The fourth-order valence-electron chi connectivity index (χ4n) is 4.91. The van der Waals surface area contributed by atoms with Gasteiger partial charge in [0.05, 0.1) is 0 Å². The van der Waals surface area contributed by atoms with Gasteiger partial charge in [-0.05, 0) is 86.5 Å². The molecule has 3 aromatic carbocycles. The summed E-state index contributed by atoms with van der Waals surface area (Å²) in [5.41, 5.74) is 11.4. The Kier molecular flexibility index (Phi) is 6.52. The lowest BCUT2D eigenvalue weighted by atomic mass is 9.92. The summed E-state index contributed by atoms with van der Waals surface area (Å²) in [6, 6.07) is 17.0. The van der Waals surface area contributed by atoms with E-state index in [1.165, 1.54) is 0 Å². The van der Waals surface area contributed by atoms with Crippen molar-refractivity contribution in [2.24, 2.45) is 5.73 Å². The van der Waals surface area contributed by atoms with Crippen LogP contribution in [0.4, 0.5) is 17.1 Å². The van der Waals surface area contributed by atoms with Crippen molar-refractivity contribution in [3.05, 3.63) is 76.9 Å². The number of anilines is 3. The van der Waals surface area contributed by atoms with Crippen molar-refractivity contribution in [1.29, 1.82) is 0 Å². The monoisotopic (exact) mass is 486 g/mol. The number of aryl methyl sites for hydroxylation is 2. The van der Waals surface area contributed by atoms with Crippen LogP contribution in [0.5, 0.6) is 11.5 Å². The summed E-state index contributed by atoms with van der Waals surface area (Å²) in [6.45, 7) is 3.82. The van der Waals surface area contributed by atoms with Crippen LogP contribution in [0.3, 0.4) is 0 Å². The molecule has 1 atom stereocenters. The van der Waals surface area contributed by atoms with Crippen LogP contribution in [0.1, 0.15) is 38.3 Å². The molecule has 8 heteroatoms. The molecule has 3 aromatic rings. The maximum atomic E-state index is 13.1. The number of benzene rings is 3. The highest BCUT2D eigenvalue weighted by molar-refractivity contribution is 6.05. The SMILES string of the molecule is CNCC1CCc2cc(C(N)=O)ccc2N1c1cc(NC(=O)c2ccc3c(c2)OCCO3)ccc1C. The predicted molar refractivity (Wildman–Crippen MR) is 140 cm³/mol. The third-order valence-electron chi connectivity index (χ3n) is 6.71. The highest BCUT2D eigenvalue weighted by atomic mass is 16.6. The van der Waals surface area contributed by atoms with E-state index in [-0.39, 0.29) is 11.9 Å². The molecule has 0 spiro atoms. The molecule has 0 fully saturated rings. The molecule has 36 heavy (non-hydrogen) atoms. The molecule has 2 heterocycles. The highest BCUT2D eigenvalue weighted by Crippen LogP contribution is 2.40. The minimum absolute atomic E-state index is 0.212. The fraction of sp³-hybridized carbons (Fsp3) is 0.286. The first-order chi connectivity index (χ1) is 17.4. The van der Waals surface area contributed by atoms with Gasteiger partial charge in [-0.2, -0.15) is 0 Å². The van der Waals surface area contributed by atoms with E-state index < -0.39 is 5.91 Å². The van der Waals surface area contributed by atoms with Gasteiger partial charge in [0.15, 0.2) is 11.5 Å². The molecule has 0 radical (unpaired) electrons. The second-order valence-corrected chi connectivity index (χ2v) is 9.14. The van der Waals surface area contributed by atoms with Crippen molar-refractivity contribution in [3.8, 4) is 11.5 Å². The van der Waals surface area contributed by atoms with Gasteiger partial charge in [0, 0.05) is 40.8 Å². The Bertz CT molecular complexity index is 1320. The highest BCUT2D eigenvalue weighted by Gasteiger charge is 2.29. The van der Waals surface area contributed by atoms with Gasteiger partial charge in [-0.1, -0.05) is 6.07 Å². The van der Waals surface area contributed by atoms with E-state index in [2.05, 4.69) is 22.5 Å². The summed E-state index contributed by atoms with van der Waals surface area (Å²) in [6.07, 6.45) is 1.78. The minimum Gasteiger partial charge on any atom is -0.486 e. The number of rotatable bonds is 6. The summed E-state index contributed by atoms with van der Waals surface area (Å²) >= 11 is 0. The molecule has 0 aliphatic carbocycles. The van der Waals surface area contributed by atoms with Crippen LogP contribution in [0, 0.1) is 6.92 Å². The van der Waals surface area contributed by atoms with Gasteiger partial charge in [-0.25, -0.2) is 0 Å². The van der Waals surface area contributed by atoms with E-state index in [4.69, 9.17) is 15.2 Å². The van der Waals surface area contributed by atoms with E-state index in [1.54, 1.807) is 24.3 Å². The minimum atomic E-state index is -0.429. The van der Waals surface area contributed by atoms with Gasteiger partial charge in [0.2, 0.25) is 5.91 Å². The first-order valence-corrected chi connectivity index (χ1v) is 12.1. The lowest BCUT2D eigenvalue weighted by Gasteiger charge is -2.40.